The molecule has 6 heteroatoms. The Morgan fingerprint density at radius 2 is 2.24 bits per heavy atom. The molecule has 0 aliphatic heterocycles. The molecule has 2 aromatic rings. The highest BCUT2D eigenvalue weighted by Crippen LogP contribution is 2.42. The summed E-state index contributed by atoms with van der Waals surface area (Å²) in [5.41, 5.74) is 1.40. The number of pyridine rings is 1. The molecule has 2 heterocycles. The molecule has 1 aliphatic rings. The Morgan fingerprint density at radius 3 is 2.95 bits per heavy atom. The van der Waals surface area contributed by atoms with Crippen molar-refractivity contribution in [1.82, 2.24) is 15.0 Å². The van der Waals surface area contributed by atoms with Crippen LogP contribution in [0.5, 0.6) is 5.88 Å². The van der Waals surface area contributed by atoms with Crippen molar-refractivity contribution in [2.75, 3.05) is 6.61 Å². The van der Waals surface area contributed by atoms with E-state index >= 15 is 0 Å². The molecule has 0 amide bonds. The second-order valence-electron chi connectivity index (χ2n) is 5.70. The molecule has 6 nitrogen and oxygen atoms in total. The number of aromatic amines is 1. The van der Waals surface area contributed by atoms with Crippen LogP contribution >= 0.6 is 0 Å². The van der Waals surface area contributed by atoms with Crippen LogP contribution in [0.3, 0.4) is 0 Å². The fourth-order valence-corrected chi connectivity index (χ4v) is 3.16. The average Bonchev–Trinajstić information content (AvgIpc) is 3.01. The van der Waals surface area contributed by atoms with Gasteiger partial charge < -0.3 is 14.8 Å². The van der Waals surface area contributed by atoms with Gasteiger partial charge in [0.2, 0.25) is 5.88 Å². The molecule has 0 radical (unpaired) electrons. The molecule has 2 aromatic heterocycles. The molecule has 1 aliphatic carbocycles. The van der Waals surface area contributed by atoms with Crippen LogP contribution in [0.25, 0.3) is 11.2 Å². The van der Waals surface area contributed by atoms with Crippen molar-refractivity contribution < 1.29 is 14.6 Å². The standard InChI is InChI=1S/C15H19N3O3/c1-3-21-12-5-4-11-14(17-12)18-13(16-11)9-6-8(2)7-10(9)15(19)20/h4-5,8-10H,3,6-7H2,1-2H3,(H,19,20)(H,16,17,18). The molecule has 0 saturated heterocycles. The van der Waals surface area contributed by atoms with Crippen molar-refractivity contribution in [1.29, 1.82) is 0 Å². The SMILES string of the molecule is CCOc1ccc2[nH]c(C3CC(C)CC3C(=O)O)nc2n1. The Kier molecular flexibility index (Phi) is 3.53. The summed E-state index contributed by atoms with van der Waals surface area (Å²) in [5.74, 6) is 0.485. The van der Waals surface area contributed by atoms with E-state index in [2.05, 4.69) is 21.9 Å². The van der Waals surface area contributed by atoms with Crippen molar-refractivity contribution in [3.63, 3.8) is 0 Å². The lowest BCUT2D eigenvalue weighted by molar-refractivity contribution is -0.142. The van der Waals surface area contributed by atoms with Crippen LogP contribution in [-0.2, 0) is 4.79 Å². The summed E-state index contributed by atoms with van der Waals surface area (Å²) in [6.45, 7) is 4.54. The van der Waals surface area contributed by atoms with E-state index in [1.165, 1.54) is 0 Å². The van der Waals surface area contributed by atoms with Crippen molar-refractivity contribution in [3.05, 3.63) is 18.0 Å². The molecule has 0 bridgehead atoms. The van der Waals surface area contributed by atoms with Gasteiger partial charge in [-0.3, -0.25) is 4.79 Å². The summed E-state index contributed by atoms with van der Waals surface area (Å²) >= 11 is 0. The number of hydrogen-bond donors (Lipinski definition) is 2. The Balaban J connectivity index is 1.94. The molecule has 2 N–H and O–H groups in total. The van der Waals surface area contributed by atoms with Crippen LogP contribution in [0.15, 0.2) is 12.1 Å². The lowest BCUT2D eigenvalue weighted by Crippen LogP contribution is -2.17. The Labute approximate surface area is 122 Å². The smallest absolute Gasteiger partial charge is 0.307 e. The van der Waals surface area contributed by atoms with Gasteiger partial charge in [-0.2, -0.15) is 4.98 Å². The molecule has 0 spiro atoms. The van der Waals surface area contributed by atoms with E-state index in [1.54, 1.807) is 6.07 Å². The number of hydrogen-bond acceptors (Lipinski definition) is 4. The van der Waals surface area contributed by atoms with Gasteiger partial charge in [0.1, 0.15) is 5.82 Å². The number of imidazole rings is 1. The fraction of sp³-hybridized carbons (Fsp3) is 0.533. The molecule has 1 fully saturated rings. The normalized spacial score (nSPS) is 25.3. The Bertz CT molecular complexity index is 667. The Morgan fingerprint density at radius 1 is 1.43 bits per heavy atom. The van der Waals surface area contributed by atoms with E-state index in [0.29, 0.717) is 30.5 Å². The second-order valence-corrected chi connectivity index (χ2v) is 5.70. The summed E-state index contributed by atoms with van der Waals surface area (Å²) < 4.78 is 5.37. The molecular formula is C15H19N3O3. The van der Waals surface area contributed by atoms with Crippen molar-refractivity contribution >= 4 is 17.1 Å². The number of nitrogens with zero attached hydrogens (tertiary/aromatic N) is 2. The fourth-order valence-electron chi connectivity index (χ4n) is 3.16. The number of aliphatic carboxylic acids is 1. The van der Waals surface area contributed by atoms with Gasteiger partial charge >= 0.3 is 5.97 Å². The zero-order valence-electron chi connectivity index (χ0n) is 12.2. The number of carboxylic acids is 1. The van der Waals surface area contributed by atoms with E-state index in [-0.39, 0.29) is 11.8 Å². The maximum Gasteiger partial charge on any atom is 0.307 e. The first kappa shape index (κ1) is 13.9. The van der Waals surface area contributed by atoms with Crippen molar-refractivity contribution in [3.8, 4) is 5.88 Å². The van der Waals surface area contributed by atoms with Gasteiger partial charge in [-0.1, -0.05) is 6.92 Å². The maximum absolute atomic E-state index is 11.4. The number of ether oxygens (including phenoxy) is 1. The summed E-state index contributed by atoms with van der Waals surface area (Å²) in [7, 11) is 0. The van der Waals surface area contributed by atoms with E-state index in [0.717, 1.165) is 17.8 Å². The highest BCUT2D eigenvalue weighted by atomic mass is 16.5. The van der Waals surface area contributed by atoms with Gasteiger partial charge in [-0.15, -0.1) is 0 Å². The predicted molar refractivity (Wildman–Crippen MR) is 77.3 cm³/mol. The van der Waals surface area contributed by atoms with Crippen LogP contribution in [0.2, 0.25) is 0 Å². The van der Waals surface area contributed by atoms with Gasteiger partial charge in [-0.25, -0.2) is 4.98 Å². The summed E-state index contributed by atoms with van der Waals surface area (Å²) in [6, 6.07) is 3.66. The molecule has 3 atom stereocenters. The van der Waals surface area contributed by atoms with E-state index in [9.17, 15) is 9.90 Å². The number of nitrogens with one attached hydrogen (secondary N) is 1. The maximum atomic E-state index is 11.4. The molecule has 3 unspecified atom stereocenters. The second kappa shape index (κ2) is 5.35. The minimum Gasteiger partial charge on any atom is -0.481 e. The first-order valence-electron chi connectivity index (χ1n) is 7.30. The molecule has 112 valence electrons. The van der Waals surface area contributed by atoms with Crippen molar-refractivity contribution in [2.45, 2.75) is 32.6 Å². The largest absolute Gasteiger partial charge is 0.481 e. The molecule has 0 aromatic carbocycles. The minimum atomic E-state index is -0.743. The van der Waals surface area contributed by atoms with Crippen molar-refractivity contribution in [2.24, 2.45) is 11.8 Å². The first-order chi connectivity index (χ1) is 10.1. The lowest BCUT2D eigenvalue weighted by atomic mass is 9.96. The highest BCUT2D eigenvalue weighted by molar-refractivity contribution is 5.74. The lowest BCUT2D eigenvalue weighted by Gasteiger charge is -2.12. The van der Waals surface area contributed by atoms with Crippen LogP contribution in [0.4, 0.5) is 0 Å². The number of rotatable bonds is 4. The van der Waals surface area contributed by atoms with Crippen LogP contribution in [0.1, 0.15) is 38.4 Å². The van der Waals surface area contributed by atoms with Gasteiger partial charge in [0.15, 0.2) is 5.65 Å². The summed E-state index contributed by atoms with van der Waals surface area (Å²) in [4.78, 5) is 23.5. The number of aromatic nitrogens is 3. The summed E-state index contributed by atoms with van der Waals surface area (Å²) in [5, 5.41) is 9.37. The minimum absolute atomic E-state index is 0.0674. The van der Waals surface area contributed by atoms with E-state index < -0.39 is 5.97 Å². The quantitative estimate of drug-likeness (QED) is 0.903. The van der Waals surface area contributed by atoms with E-state index in [4.69, 9.17) is 4.74 Å². The number of H-pyrrole nitrogens is 1. The topological polar surface area (TPSA) is 88.1 Å². The number of carboxylic acid groups (broad SMARTS) is 1. The number of carbonyl (C=O) groups is 1. The van der Waals surface area contributed by atoms with Gasteiger partial charge in [0.05, 0.1) is 18.0 Å². The van der Waals surface area contributed by atoms with Gasteiger partial charge in [0.25, 0.3) is 0 Å². The van der Waals surface area contributed by atoms with Gasteiger partial charge in [0, 0.05) is 12.0 Å². The van der Waals surface area contributed by atoms with Gasteiger partial charge in [-0.05, 0) is 31.7 Å². The zero-order chi connectivity index (χ0) is 15.0. The van der Waals surface area contributed by atoms with E-state index in [1.807, 2.05) is 13.0 Å². The average molecular weight is 289 g/mol. The molecule has 1 saturated carbocycles. The molecular weight excluding hydrogens is 270 g/mol. The monoisotopic (exact) mass is 289 g/mol. The molecule has 3 rings (SSSR count). The predicted octanol–water partition coefficient (Wildman–Crippen LogP) is 2.57. The van der Waals surface area contributed by atoms with Crippen LogP contribution in [0, 0.1) is 11.8 Å². The Hall–Kier alpha value is -2.11. The highest BCUT2D eigenvalue weighted by Gasteiger charge is 2.39. The third-order valence-corrected chi connectivity index (χ3v) is 4.10. The third kappa shape index (κ3) is 2.57. The zero-order valence-corrected chi connectivity index (χ0v) is 12.2. The number of fused-ring (bicyclic) bond motifs is 1. The van der Waals surface area contributed by atoms with Crippen LogP contribution < -0.4 is 4.74 Å². The first-order valence-corrected chi connectivity index (χ1v) is 7.30. The third-order valence-electron chi connectivity index (χ3n) is 4.10. The summed E-state index contributed by atoms with van der Waals surface area (Å²) in [6.07, 6.45) is 1.55. The molecule has 21 heavy (non-hydrogen) atoms. The van der Waals surface area contributed by atoms with Crippen LogP contribution in [-0.4, -0.2) is 32.6 Å².